The van der Waals surface area contributed by atoms with Crippen molar-refractivity contribution in [2.24, 2.45) is 5.92 Å². The number of nitrogens with zero attached hydrogens (tertiary/aromatic N) is 3. The van der Waals surface area contributed by atoms with Crippen LogP contribution in [0.2, 0.25) is 0 Å². The Morgan fingerprint density at radius 2 is 1.83 bits per heavy atom. The molecule has 2 heterocycles. The third-order valence-electron chi connectivity index (χ3n) is 4.46. The Balaban J connectivity index is 1.35. The van der Waals surface area contributed by atoms with Crippen LogP contribution in [-0.2, 0) is 6.54 Å². The van der Waals surface area contributed by atoms with Crippen LogP contribution in [0.5, 0.6) is 11.5 Å². The minimum Gasteiger partial charge on any atom is -0.497 e. The zero-order chi connectivity index (χ0) is 15.9. The van der Waals surface area contributed by atoms with E-state index in [1.165, 1.54) is 12.8 Å². The first kappa shape index (κ1) is 15.9. The van der Waals surface area contributed by atoms with Gasteiger partial charge in [0.1, 0.15) is 11.5 Å². The maximum Gasteiger partial charge on any atom is 0.119 e. The lowest BCUT2D eigenvalue weighted by Gasteiger charge is -2.31. The van der Waals surface area contributed by atoms with Gasteiger partial charge < -0.3 is 14.4 Å². The van der Waals surface area contributed by atoms with E-state index in [1.54, 1.807) is 7.11 Å². The van der Waals surface area contributed by atoms with E-state index < -0.39 is 0 Å². The quantitative estimate of drug-likeness (QED) is 0.787. The van der Waals surface area contributed by atoms with E-state index in [9.17, 15) is 0 Å². The topological polar surface area (TPSA) is 39.5 Å². The summed E-state index contributed by atoms with van der Waals surface area (Å²) >= 11 is 0. The Labute approximate surface area is 137 Å². The van der Waals surface area contributed by atoms with E-state index in [0.717, 1.165) is 44.3 Å². The summed E-state index contributed by atoms with van der Waals surface area (Å²) in [5.74, 6) is 2.44. The molecule has 1 aliphatic rings. The third kappa shape index (κ3) is 4.73. The SMILES string of the molecule is COc1ccc(OCC2CCN(CCn3cccn3)CC2)cc1. The van der Waals surface area contributed by atoms with Gasteiger partial charge in [0.05, 0.1) is 20.3 Å². The highest BCUT2D eigenvalue weighted by molar-refractivity contribution is 5.31. The number of aromatic nitrogens is 2. The van der Waals surface area contributed by atoms with Gasteiger partial charge >= 0.3 is 0 Å². The summed E-state index contributed by atoms with van der Waals surface area (Å²) < 4.78 is 13.1. The summed E-state index contributed by atoms with van der Waals surface area (Å²) in [7, 11) is 1.68. The van der Waals surface area contributed by atoms with Crippen LogP contribution in [-0.4, -0.2) is 48.0 Å². The molecule has 1 fully saturated rings. The number of hydrogen-bond acceptors (Lipinski definition) is 4. The predicted octanol–water partition coefficient (Wildman–Crippen LogP) is 2.68. The molecule has 5 heteroatoms. The number of likely N-dealkylation sites (tertiary alicyclic amines) is 1. The predicted molar refractivity (Wildman–Crippen MR) is 89.9 cm³/mol. The molecule has 3 rings (SSSR count). The van der Waals surface area contributed by atoms with E-state index >= 15 is 0 Å². The fourth-order valence-electron chi connectivity index (χ4n) is 2.94. The molecule has 0 bridgehead atoms. The zero-order valence-corrected chi connectivity index (χ0v) is 13.7. The maximum absolute atomic E-state index is 5.91. The van der Waals surface area contributed by atoms with E-state index in [-0.39, 0.29) is 0 Å². The van der Waals surface area contributed by atoms with Crippen molar-refractivity contribution in [3.63, 3.8) is 0 Å². The standard InChI is InChI=1S/C18H25N3O2/c1-22-17-3-5-18(6-4-17)23-15-16-7-11-20(12-8-16)13-14-21-10-2-9-19-21/h2-6,9-10,16H,7-8,11-15H2,1H3. The van der Waals surface area contributed by atoms with Crippen LogP contribution in [0.15, 0.2) is 42.7 Å². The molecular weight excluding hydrogens is 290 g/mol. The summed E-state index contributed by atoms with van der Waals surface area (Å²) in [6, 6.07) is 9.79. The summed E-state index contributed by atoms with van der Waals surface area (Å²) in [5.41, 5.74) is 0. The molecular formula is C18H25N3O2. The van der Waals surface area contributed by atoms with Crippen molar-refractivity contribution in [1.29, 1.82) is 0 Å². The van der Waals surface area contributed by atoms with Crippen molar-refractivity contribution in [2.75, 3.05) is 33.4 Å². The third-order valence-corrected chi connectivity index (χ3v) is 4.46. The van der Waals surface area contributed by atoms with Crippen LogP contribution in [0.25, 0.3) is 0 Å². The highest BCUT2D eigenvalue weighted by Gasteiger charge is 2.19. The minimum atomic E-state index is 0.651. The van der Waals surface area contributed by atoms with Gasteiger partial charge in [-0.1, -0.05) is 0 Å². The molecule has 1 aromatic heterocycles. The zero-order valence-electron chi connectivity index (χ0n) is 13.7. The molecule has 0 radical (unpaired) electrons. The number of benzene rings is 1. The number of hydrogen-bond donors (Lipinski definition) is 0. The Bertz CT molecular complexity index is 560. The van der Waals surface area contributed by atoms with Gasteiger partial charge in [-0.25, -0.2) is 0 Å². The molecule has 1 aliphatic heterocycles. The monoisotopic (exact) mass is 315 g/mol. The Hall–Kier alpha value is -2.01. The molecule has 1 aromatic carbocycles. The fraction of sp³-hybridized carbons (Fsp3) is 0.500. The van der Waals surface area contributed by atoms with Crippen LogP contribution in [0.3, 0.4) is 0 Å². The van der Waals surface area contributed by atoms with Crippen molar-refractivity contribution in [1.82, 2.24) is 14.7 Å². The number of rotatable bonds is 7. The van der Waals surface area contributed by atoms with Crippen LogP contribution in [0, 0.1) is 5.92 Å². The molecule has 2 aromatic rings. The van der Waals surface area contributed by atoms with Gasteiger partial charge in [-0.3, -0.25) is 4.68 Å². The van der Waals surface area contributed by atoms with Gasteiger partial charge in [-0.15, -0.1) is 0 Å². The van der Waals surface area contributed by atoms with Crippen molar-refractivity contribution in [2.45, 2.75) is 19.4 Å². The molecule has 1 saturated heterocycles. The molecule has 0 N–H and O–H groups in total. The second-order valence-electron chi connectivity index (χ2n) is 6.04. The van der Waals surface area contributed by atoms with Gasteiger partial charge in [0.25, 0.3) is 0 Å². The van der Waals surface area contributed by atoms with E-state index in [0.29, 0.717) is 5.92 Å². The molecule has 0 spiro atoms. The van der Waals surface area contributed by atoms with Crippen molar-refractivity contribution in [3.05, 3.63) is 42.7 Å². The van der Waals surface area contributed by atoms with Crippen LogP contribution < -0.4 is 9.47 Å². The van der Waals surface area contributed by atoms with E-state index in [4.69, 9.17) is 9.47 Å². The van der Waals surface area contributed by atoms with Gasteiger partial charge in [0.2, 0.25) is 0 Å². The van der Waals surface area contributed by atoms with Crippen molar-refractivity contribution < 1.29 is 9.47 Å². The highest BCUT2D eigenvalue weighted by Crippen LogP contribution is 2.21. The number of ether oxygens (including phenoxy) is 2. The Kier molecular flexibility index (Phi) is 5.53. The number of piperidine rings is 1. The Morgan fingerprint density at radius 3 is 2.48 bits per heavy atom. The molecule has 0 saturated carbocycles. The maximum atomic E-state index is 5.91. The highest BCUT2D eigenvalue weighted by atomic mass is 16.5. The first-order valence-electron chi connectivity index (χ1n) is 8.30. The molecule has 23 heavy (non-hydrogen) atoms. The Morgan fingerprint density at radius 1 is 1.09 bits per heavy atom. The second-order valence-corrected chi connectivity index (χ2v) is 6.04. The van der Waals surface area contributed by atoms with Gasteiger partial charge in [0.15, 0.2) is 0 Å². The lowest BCUT2D eigenvalue weighted by Crippen LogP contribution is -2.37. The van der Waals surface area contributed by atoms with Gasteiger partial charge in [-0.2, -0.15) is 5.10 Å². The van der Waals surface area contributed by atoms with Crippen molar-refractivity contribution in [3.8, 4) is 11.5 Å². The average molecular weight is 315 g/mol. The summed E-state index contributed by atoms with van der Waals surface area (Å²) in [4.78, 5) is 2.52. The van der Waals surface area contributed by atoms with Gasteiger partial charge in [-0.05, 0) is 62.2 Å². The summed E-state index contributed by atoms with van der Waals surface area (Å²) in [6.45, 7) is 5.16. The normalized spacial score (nSPS) is 16.4. The van der Waals surface area contributed by atoms with E-state index in [1.807, 2.05) is 47.4 Å². The van der Waals surface area contributed by atoms with E-state index in [2.05, 4.69) is 10.00 Å². The van der Waals surface area contributed by atoms with Crippen LogP contribution in [0.1, 0.15) is 12.8 Å². The van der Waals surface area contributed by atoms with Gasteiger partial charge in [0, 0.05) is 18.9 Å². The molecule has 0 aliphatic carbocycles. The smallest absolute Gasteiger partial charge is 0.119 e. The first-order chi connectivity index (χ1) is 11.3. The summed E-state index contributed by atoms with van der Waals surface area (Å²) in [5, 5.41) is 4.25. The van der Waals surface area contributed by atoms with Crippen LogP contribution in [0.4, 0.5) is 0 Å². The molecule has 124 valence electrons. The second kappa shape index (κ2) is 8.02. The largest absolute Gasteiger partial charge is 0.497 e. The molecule has 0 unspecified atom stereocenters. The van der Waals surface area contributed by atoms with Crippen LogP contribution >= 0.6 is 0 Å². The molecule has 0 amide bonds. The lowest BCUT2D eigenvalue weighted by molar-refractivity contribution is 0.137. The average Bonchev–Trinajstić information content (AvgIpc) is 3.13. The summed E-state index contributed by atoms with van der Waals surface area (Å²) in [6.07, 6.45) is 6.27. The number of methoxy groups -OCH3 is 1. The van der Waals surface area contributed by atoms with Crippen molar-refractivity contribution >= 4 is 0 Å². The molecule has 5 nitrogen and oxygen atoms in total. The lowest BCUT2D eigenvalue weighted by atomic mass is 9.98. The fourth-order valence-corrected chi connectivity index (χ4v) is 2.94. The molecule has 0 atom stereocenters. The first-order valence-corrected chi connectivity index (χ1v) is 8.30. The minimum absolute atomic E-state index is 0.651.